The zero-order valence-corrected chi connectivity index (χ0v) is 19.0. The molecule has 6 heteroatoms. The number of methoxy groups -OCH3 is 1. The van der Waals surface area contributed by atoms with Crippen molar-refractivity contribution in [3.05, 3.63) is 90.6 Å². The molecule has 0 aliphatic rings. The molecular weight excluding hydrogens is 430 g/mol. The molecule has 0 aliphatic heterocycles. The monoisotopic (exact) mass is 457 g/mol. The molecule has 174 valence electrons. The first kappa shape index (κ1) is 23.3. The maximum atomic E-state index is 11.1. The van der Waals surface area contributed by atoms with Crippen molar-refractivity contribution >= 4 is 16.9 Å². The highest BCUT2D eigenvalue weighted by atomic mass is 16.5. The van der Waals surface area contributed by atoms with Gasteiger partial charge < -0.3 is 19.3 Å². The van der Waals surface area contributed by atoms with E-state index in [0.717, 1.165) is 45.5 Å². The molecule has 0 unspecified atom stereocenters. The van der Waals surface area contributed by atoms with Crippen LogP contribution in [-0.2, 0) is 16.0 Å². The van der Waals surface area contributed by atoms with Crippen molar-refractivity contribution < 1.29 is 24.1 Å². The van der Waals surface area contributed by atoms with E-state index in [1.54, 1.807) is 0 Å². The van der Waals surface area contributed by atoms with E-state index in [9.17, 15) is 4.79 Å². The molecule has 1 heterocycles. The van der Waals surface area contributed by atoms with E-state index in [-0.39, 0.29) is 0 Å². The molecule has 1 aromatic heterocycles. The van der Waals surface area contributed by atoms with Crippen LogP contribution >= 0.6 is 0 Å². The highest BCUT2D eigenvalue weighted by Crippen LogP contribution is 2.28. The van der Waals surface area contributed by atoms with Gasteiger partial charge in [0.25, 0.3) is 0 Å². The number of aliphatic carboxylic acids is 1. The lowest BCUT2D eigenvalue weighted by Gasteiger charge is -2.11. The van der Waals surface area contributed by atoms with Gasteiger partial charge in [-0.3, -0.25) is 4.98 Å². The fraction of sp³-hybridized carbons (Fsp3) is 0.214. The van der Waals surface area contributed by atoms with Gasteiger partial charge in [-0.15, -0.1) is 0 Å². The first-order chi connectivity index (χ1) is 16.6. The number of ether oxygens (including phenoxy) is 3. The molecule has 0 fully saturated rings. The van der Waals surface area contributed by atoms with Crippen LogP contribution in [0.5, 0.6) is 11.5 Å². The fourth-order valence-electron chi connectivity index (χ4n) is 3.71. The number of pyridine rings is 1. The minimum absolute atomic E-state index is 0.315. The Morgan fingerprint density at radius 1 is 0.882 bits per heavy atom. The van der Waals surface area contributed by atoms with E-state index in [2.05, 4.69) is 35.3 Å². The number of rotatable bonds is 11. The fourth-order valence-corrected chi connectivity index (χ4v) is 3.71. The van der Waals surface area contributed by atoms with Gasteiger partial charge in [0.1, 0.15) is 11.5 Å². The Hall–Kier alpha value is -3.90. The van der Waals surface area contributed by atoms with E-state index < -0.39 is 12.1 Å². The molecule has 0 radical (unpaired) electrons. The summed E-state index contributed by atoms with van der Waals surface area (Å²) in [5, 5.41) is 10.2. The number of hydrogen-bond donors (Lipinski definition) is 1. The van der Waals surface area contributed by atoms with Crippen LogP contribution in [0.15, 0.2) is 85.1 Å². The highest BCUT2D eigenvalue weighted by molar-refractivity contribution is 5.93. The minimum atomic E-state index is -0.969. The maximum absolute atomic E-state index is 11.1. The van der Waals surface area contributed by atoms with Crippen LogP contribution in [0.4, 0.5) is 0 Å². The Balaban J connectivity index is 1.23. The van der Waals surface area contributed by atoms with E-state index in [4.69, 9.17) is 19.3 Å². The summed E-state index contributed by atoms with van der Waals surface area (Å²) < 4.78 is 16.6. The normalized spacial score (nSPS) is 11.8. The molecule has 0 saturated carbocycles. The summed E-state index contributed by atoms with van der Waals surface area (Å²) in [6.45, 7) is 1.07. The standard InChI is InChI=1S/C28H27NO5/c1-32-26(28(30)31)19-20-8-12-23(13-9-20)33-17-4-18-34-24-14-10-21(11-15-24)25-7-2-5-22-6-3-16-29-27(22)25/h2-3,5-16,26H,4,17-19H2,1H3,(H,30,31)/t26-/m0/s1. The van der Waals surface area contributed by atoms with Crippen molar-refractivity contribution in [2.75, 3.05) is 20.3 Å². The predicted octanol–water partition coefficient (Wildman–Crippen LogP) is 5.39. The van der Waals surface area contributed by atoms with Crippen LogP contribution in [0.2, 0.25) is 0 Å². The van der Waals surface area contributed by atoms with Gasteiger partial charge in [-0.1, -0.05) is 48.5 Å². The van der Waals surface area contributed by atoms with Crippen LogP contribution in [0.1, 0.15) is 12.0 Å². The van der Waals surface area contributed by atoms with Crippen molar-refractivity contribution in [3.63, 3.8) is 0 Å². The summed E-state index contributed by atoms with van der Waals surface area (Å²) in [5.41, 5.74) is 4.07. The average Bonchev–Trinajstić information content (AvgIpc) is 2.88. The third kappa shape index (κ3) is 5.91. The SMILES string of the molecule is CO[C@@H](Cc1ccc(OCCCOc2ccc(-c3cccc4cccnc34)cc2)cc1)C(=O)O. The first-order valence-corrected chi connectivity index (χ1v) is 11.2. The zero-order valence-electron chi connectivity index (χ0n) is 19.0. The van der Waals surface area contributed by atoms with Gasteiger partial charge in [0.15, 0.2) is 6.10 Å². The number of aromatic nitrogens is 1. The van der Waals surface area contributed by atoms with Crippen LogP contribution in [0.25, 0.3) is 22.0 Å². The third-order valence-corrected chi connectivity index (χ3v) is 5.53. The Kier molecular flexibility index (Phi) is 7.73. The zero-order chi connectivity index (χ0) is 23.8. The Morgan fingerprint density at radius 3 is 2.18 bits per heavy atom. The highest BCUT2D eigenvalue weighted by Gasteiger charge is 2.16. The summed E-state index contributed by atoms with van der Waals surface area (Å²) >= 11 is 0. The molecule has 34 heavy (non-hydrogen) atoms. The van der Waals surface area contributed by atoms with Gasteiger partial charge in [0.2, 0.25) is 0 Å². The van der Waals surface area contributed by atoms with E-state index in [1.165, 1.54) is 7.11 Å². The number of carboxylic acid groups (broad SMARTS) is 1. The molecule has 0 bridgehead atoms. The lowest BCUT2D eigenvalue weighted by molar-refractivity contribution is -0.148. The first-order valence-electron chi connectivity index (χ1n) is 11.2. The second-order valence-electron chi connectivity index (χ2n) is 7.87. The summed E-state index contributed by atoms with van der Waals surface area (Å²) in [5.74, 6) is 0.580. The molecule has 1 atom stereocenters. The van der Waals surface area contributed by atoms with E-state index in [0.29, 0.717) is 19.6 Å². The second kappa shape index (κ2) is 11.3. The summed E-state index contributed by atoms with van der Waals surface area (Å²) in [6, 6.07) is 25.6. The molecule has 4 rings (SSSR count). The van der Waals surface area contributed by atoms with Crippen LogP contribution in [0.3, 0.4) is 0 Å². The van der Waals surface area contributed by atoms with E-state index in [1.807, 2.05) is 54.7 Å². The molecule has 0 spiro atoms. The maximum Gasteiger partial charge on any atom is 0.333 e. The number of fused-ring (bicyclic) bond motifs is 1. The van der Waals surface area contributed by atoms with Crippen molar-refractivity contribution in [2.45, 2.75) is 18.9 Å². The van der Waals surface area contributed by atoms with Gasteiger partial charge >= 0.3 is 5.97 Å². The van der Waals surface area contributed by atoms with Gasteiger partial charge in [-0.05, 0) is 41.5 Å². The molecule has 0 saturated heterocycles. The third-order valence-electron chi connectivity index (χ3n) is 5.53. The van der Waals surface area contributed by atoms with Crippen molar-refractivity contribution in [2.24, 2.45) is 0 Å². The topological polar surface area (TPSA) is 77.9 Å². The van der Waals surface area contributed by atoms with Crippen LogP contribution in [0, 0.1) is 0 Å². The smallest absolute Gasteiger partial charge is 0.333 e. The van der Waals surface area contributed by atoms with Crippen molar-refractivity contribution in [1.82, 2.24) is 4.98 Å². The van der Waals surface area contributed by atoms with Crippen molar-refractivity contribution in [3.8, 4) is 22.6 Å². The summed E-state index contributed by atoms with van der Waals surface area (Å²) in [7, 11) is 1.40. The quantitative estimate of drug-likeness (QED) is 0.304. The number of carboxylic acids is 1. The lowest BCUT2D eigenvalue weighted by Crippen LogP contribution is -2.24. The number of para-hydroxylation sites is 1. The molecule has 6 nitrogen and oxygen atoms in total. The Morgan fingerprint density at radius 2 is 1.53 bits per heavy atom. The van der Waals surface area contributed by atoms with Crippen LogP contribution in [-0.4, -0.2) is 42.5 Å². The number of hydrogen-bond acceptors (Lipinski definition) is 5. The largest absolute Gasteiger partial charge is 0.493 e. The predicted molar refractivity (Wildman–Crippen MR) is 131 cm³/mol. The van der Waals surface area contributed by atoms with E-state index >= 15 is 0 Å². The molecule has 3 aromatic carbocycles. The molecule has 1 N–H and O–H groups in total. The van der Waals surface area contributed by atoms with Crippen LogP contribution < -0.4 is 9.47 Å². The molecule has 0 aliphatic carbocycles. The lowest BCUT2D eigenvalue weighted by atomic mass is 10.0. The van der Waals surface area contributed by atoms with Crippen molar-refractivity contribution in [1.29, 1.82) is 0 Å². The molecular formula is C28H27NO5. The van der Waals surface area contributed by atoms with Gasteiger partial charge in [0, 0.05) is 37.1 Å². The Bertz CT molecular complexity index is 1220. The Labute approximate surface area is 198 Å². The summed E-state index contributed by atoms with van der Waals surface area (Å²) in [6.07, 6.45) is 2.02. The number of carbonyl (C=O) groups is 1. The average molecular weight is 458 g/mol. The minimum Gasteiger partial charge on any atom is -0.493 e. The molecule has 4 aromatic rings. The van der Waals surface area contributed by atoms with Gasteiger partial charge in [-0.2, -0.15) is 0 Å². The summed E-state index contributed by atoms with van der Waals surface area (Å²) in [4.78, 5) is 15.6. The number of nitrogens with zero attached hydrogens (tertiary/aromatic N) is 1. The van der Waals surface area contributed by atoms with Gasteiger partial charge in [0.05, 0.1) is 18.7 Å². The second-order valence-corrected chi connectivity index (χ2v) is 7.87. The van der Waals surface area contributed by atoms with Gasteiger partial charge in [-0.25, -0.2) is 4.79 Å². The molecule has 0 amide bonds. The number of benzene rings is 3.